The fraction of sp³-hybridized carbons (Fsp3) is 0.391. The number of carbonyl (C=O) groups is 2. The number of benzene rings is 2. The first-order valence-electron chi connectivity index (χ1n) is 10.1. The summed E-state index contributed by atoms with van der Waals surface area (Å²) < 4.78 is 38.6. The van der Waals surface area contributed by atoms with E-state index in [0.717, 1.165) is 17.2 Å². The van der Waals surface area contributed by atoms with Gasteiger partial charge < -0.3 is 10.2 Å². The molecule has 1 aliphatic heterocycles. The molecule has 2 aromatic rings. The highest BCUT2D eigenvalue weighted by Gasteiger charge is 2.30. The van der Waals surface area contributed by atoms with Crippen molar-refractivity contribution in [3.05, 3.63) is 70.3 Å². The predicted molar refractivity (Wildman–Crippen MR) is 112 cm³/mol. The van der Waals surface area contributed by atoms with Gasteiger partial charge in [-0.25, -0.2) is 0 Å². The Bertz CT molecular complexity index is 931. The maximum Gasteiger partial charge on any atom is 0.416 e. The average Bonchev–Trinajstić information content (AvgIpc) is 2.71. The summed E-state index contributed by atoms with van der Waals surface area (Å²) in [5.74, 6) is -0.459. The van der Waals surface area contributed by atoms with Gasteiger partial charge in [0.1, 0.15) is 0 Å². The summed E-state index contributed by atoms with van der Waals surface area (Å²) in [7, 11) is 0. The Labute approximate surface area is 179 Å². The van der Waals surface area contributed by atoms with Crippen molar-refractivity contribution in [1.29, 1.82) is 0 Å². The largest absolute Gasteiger partial charge is 0.416 e. The van der Waals surface area contributed by atoms with E-state index in [0.29, 0.717) is 43.9 Å². The molecule has 0 radical (unpaired) electrons. The SMILES string of the molecule is Cc1cc(C)cc(C(=O)NCC(=O)N2CCN(Cc3cccc(C(F)(F)F)c3)CC2)c1. The summed E-state index contributed by atoms with van der Waals surface area (Å²) in [6.07, 6.45) is -4.36. The van der Waals surface area contributed by atoms with E-state index in [2.05, 4.69) is 5.32 Å². The minimum atomic E-state index is -4.36. The zero-order valence-corrected chi connectivity index (χ0v) is 17.6. The van der Waals surface area contributed by atoms with Crippen LogP contribution in [0.25, 0.3) is 0 Å². The molecule has 2 aromatic carbocycles. The number of hydrogen-bond donors (Lipinski definition) is 1. The van der Waals surface area contributed by atoms with Crippen molar-refractivity contribution in [2.24, 2.45) is 0 Å². The van der Waals surface area contributed by atoms with Crippen LogP contribution in [0.4, 0.5) is 13.2 Å². The monoisotopic (exact) mass is 433 g/mol. The highest BCUT2D eigenvalue weighted by Crippen LogP contribution is 2.29. The van der Waals surface area contributed by atoms with Gasteiger partial charge in [-0.3, -0.25) is 14.5 Å². The van der Waals surface area contributed by atoms with Gasteiger partial charge in [0.05, 0.1) is 12.1 Å². The fourth-order valence-corrected chi connectivity index (χ4v) is 3.74. The second-order valence-corrected chi connectivity index (χ2v) is 7.91. The van der Waals surface area contributed by atoms with Crippen LogP contribution >= 0.6 is 0 Å². The van der Waals surface area contributed by atoms with Gasteiger partial charge in [0.2, 0.25) is 5.91 Å². The van der Waals surface area contributed by atoms with E-state index in [-0.39, 0.29) is 18.4 Å². The van der Waals surface area contributed by atoms with Crippen LogP contribution in [-0.4, -0.2) is 54.3 Å². The van der Waals surface area contributed by atoms with E-state index in [1.165, 1.54) is 12.1 Å². The molecule has 3 rings (SSSR count). The number of aryl methyl sites for hydroxylation is 2. The minimum Gasteiger partial charge on any atom is -0.343 e. The Kier molecular flexibility index (Phi) is 7.00. The Morgan fingerprint density at radius 2 is 1.61 bits per heavy atom. The summed E-state index contributed by atoms with van der Waals surface area (Å²) in [5, 5.41) is 2.67. The van der Waals surface area contributed by atoms with Crippen LogP contribution in [0.1, 0.15) is 32.6 Å². The van der Waals surface area contributed by atoms with Gasteiger partial charge in [-0.2, -0.15) is 13.2 Å². The van der Waals surface area contributed by atoms with Crippen LogP contribution in [0.2, 0.25) is 0 Å². The van der Waals surface area contributed by atoms with Crippen molar-refractivity contribution < 1.29 is 22.8 Å². The highest BCUT2D eigenvalue weighted by atomic mass is 19.4. The molecule has 0 aromatic heterocycles. The first kappa shape index (κ1) is 22.8. The van der Waals surface area contributed by atoms with Gasteiger partial charge in [-0.1, -0.05) is 35.4 Å². The molecular formula is C23H26F3N3O2. The standard InChI is InChI=1S/C23H26F3N3O2/c1-16-10-17(2)12-19(11-16)22(31)27-14-21(30)29-8-6-28(7-9-29)15-18-4-3-5-20(13-18)23(24,25)26/h3-5,10-13H,6-9,14-15H2,1-2H3,(H,27,31). The zero-order chi connectivity index (χ0) is 22.6. The second kappa shape index (κ2) is 9.51. The molecule has 2 amide bonds. The summed E-state index contributed by atoms with van der Waals surface area (Å²) in [5.41, 5.74) is 2.42. The quantitative estimate of drug-likeness (QED) is 0.787. The molecule has 5 nitrogen and oxygen atoms in total. The molecule has 1 heterocycles. The first-order chi connectivity index (χ1) is 14.6. The summed E-state index contributed by atoms with van der Waals surface area (Å²) in [6, 6.07) is 10.8. The molecule has 0 unspecified atom stereocenters. The lowest BCUT2D eigenvalue weighted by Gasteiger charge is -2.34. The number of hydrogen-bond acceptors (Lipinski definition) is 3. The summed E-state index contributed by atoms with van der Waals surface area (Å²) in [4.78, 5) is 28.5. The van der Waals surface area contributed by atoms with Crippen molar-refractivity contribution in [2.75, 3.05) is 32.7 Å². The number of amides is 2. The van der Waals surface area contributed by atoms with Gasteiger partial charge in [0.15, 0.2) is 0 Å². The van der Waals surface area contributed by atoms with E-state index in [4.69, 9.17) is 0 Å². The van der Waals surface area contributed by atoms with E-state index in [1.54, 1.807) is 23.1 Å². The van der Waals surface area contributed by atoms with Gasteiger partial charge >= 0.3 is 6.18 Å². The number of carbonyl (C=O) groups excluding carboxylic acids is 2. The third kappa shape index (κ3) is 6.30. The first-order valence-corrected chi connectivity index (χ1v) is 10.1. The van der Waals surface area contributed by atoms with Crippen LogP contribution < -0.4 is 5.32 Å². The number of nitrogens with one attached hydrogen (secondary N) is 1. The molecule has 1 saturated heterocycles. The van der Waals surface area contributed by atoms with Gasteiger partial charge in [0, 0.05) is 38.3 Å². The molecule has 31 heavy (non-hydrogen) atoms. The van der Waals surface area contributed by atoms with Crippen molar-refractivity contribution in [3.63, 3.8) is 0 Å². The molecule has 0 saturated carbocycles. The number of alkyl halides is 3. The summed E-state index contributed by atoms with van der Waals surface area (Å²) in [6.45, 7) is 6.20. The molecule has 0 spiro atoms. The van der Waals surface area contributed by atoms with E-state index in [1.807, 2.05) is 24.8 Å². The molecule has 0 bridgehead atoms. The third-order valence-corrected chi connectivity index (χ3v) is 5.27. The molecule has 1 N–H and O–H groups in total. The molecule has 0 atom stereocenters. The Morgan fingerprint density at radius 3 is 2.23 bits per heavy atom. The molecule has 8 heteroatoms. The van der Waals surface area contributed by atoms with E-state index >= 15 is 0 Å². The predicted octanol–water partition coefficient (Wildman–Crippen LogP) is 3.40. The van der Waals surface area contributed by atoms with Crippen molar-refractivity contribution in [3.8, 4) is 0 Å². The number of halogens is 3. The Morgan fingerprint density at radius 1 is 0.968 bits per heavy atom. The minimum absolute atomic E-state index is 0.0839. The molecule has 1 aliphatic rings. The van der Waals surface area contributed by atoms with Crippen molar-refractivity contribution in [1.82, 2.24) is 15.1 Å². The zero-order valence-electron chi connectivity index (χ0n) is 17.6. The number of nitrogens with zero attached hydrogens (tertiary/aromatic N) is 2. The lowest BCUT2D eigenvalue weighted by Crippen LogP contribution is -2.50. The number of piperazine rings is 1. The smallest absolute Gasteiger partial charge is 0.343 e. The normalized spacial score (nSPS) is 15.1. The van der Waals surface area contributed by atoms with Gasteiger partial charge in [-0.05, 0) is 37.6 Å². The maximum atomic E-state index is 12.9. The second-order valence-electron chi connectivity index (χ2n) is 7.91. The van der Waals surface area contributed by atoms with E-state index in [9.17, 15) is 22.8 Å². The Balaban J connectivity index is 1.47. The van der Waals surface area contributed by atoms with Crippen molar-refractivity contribution in [2.45, 2.75) is 26.6 Å². The maximum absolute atomic E-state index is 12.9. The lowest BCUT2D eigenvalue weighted by atomic mass is 10.1. The lowest BCUT2D eigenvalue weighted by molar-refractivity contribution is -0.137. The van der Waals surface area contributed by atoms with Gasteiger partial charge in [-0.15, -0.1) is 0 Å². The molecule has 1 fully saturated rings. The van der Waals surface area contributed by atoms with E-state index < -0.39 is 11.7 Å². The molecular weight excluding hydrogens is 407 g/mol. The topological polar surface area (TPSA) is 52.7 Å². The van der Waals surface area contributed by atoms with Crippen LogP contribution in [0.5, 0.6) is 0 Å². The summed E-state index contributed by atoms with van der Waals surface area (Å²) >= 11 is 0. The van der Waals surface area contributed by atoms with Crippen LogP contribution in [0.15, 0.2) is 42.5 Å². The molecule has 0 aliphatic carbocycles. The third-order valence-electron chi connectivity index (χ3n) is 5.27. The molecule has 166 valence electrons. The van der Waals surface area contributed by atoms with Crippen LogP contribution in [0, 0.1) is 13.8 Å². The Hall–Kier alpha value is -2.87. The van der Waals surface area contributed by atoms with Gasteiger partial charge in [0.25, 0.3) is 5.91 Å². The van der Waals surface area contributed by atoms with Crippen LogP contribution in [-0.2, 0) is 17.5 Å². The van der Waals surface area contributed by atoms with Crippen molar-refractivity contribution >= 4 is 11.8 Å². The van der Waals surface area contributed by atoms with Crippen LogP contribution in [0.3, 0.4) is 0 Å². The highest BCUT2D eigenvalue weighted by molar-refractivity contribution is 5.96. The number of rotatable bonds is 5. The average molecular weight is 433 g/mol. The fourth-order valence-electron chi connectivity index (χ4n) is 3.74.